The van der Waals surface area contributed by atoms with Gasteiger partial charge in [0.1, 0.15) is 6.04 Å². The number of hydrogen-bond donors (Lipinski definition) is 1. The Bertz CT molecular complexity index is 724. The molecule has 0 bridgehead atoms. The highest BCUT2D eigenvalue weighted by Crippen LogP contribution is 2.27. The fourth-order valence-corrected chi connectivity index (χ4v) is 3.30. The fraction of sp³-hybridized carbons (Fsp3) is 0.524. The predicted molar refractivity (Wildman–Crippen MR) is 104 cm³/mol. The van der Waals surface area contributed by atoms with Gasteiger partial charge in [0.15, 0.2) is 6.61 Å². The van der Waals surface area contributed by atoms with Crippen molar-refractivity contribution in [1.29, 1.82) is 0 Å². The first-order chi connectivity index (χ1) is 13.3. The van der Waals surface area contributed by atoms with Crippen LogP contribution < -0.4 is 5.32 Å². The van der Waals surface area contributed by atoms with Crippen LogP contribution >= 0.6 is 0 Å². The first-order valence-electron chi connectivity index (χ1n) is 9.69. The Kier molecular flexibility index (Phi) is 7.31. The Hall–Kier alpha value is -2.70. The summed E-state index contributed by atoms with van der Waals surface area (Å²) in [5.74, 6) is -2.13. The molecule has 2 rings (SSSR count). The molecule has 0 fully saturated rings. The van der Waals surface area contributed by atoms with Crippen LogP contribution in [0.15, 0.2) is 24.3 Å². The summed E-state index contributed by atoms with van der Waals surface area (Å²) >= 11 is 0. The van der Waals surface area contributed by atoms with Crippen molar-refractivity contribution in [3.05, 3.63) is 35.4 Å². The molecule has 1 aromatic carbocycles. The summed E-state index contributed by atoms with van der Waals surface area (Å²) in [6.45, 7) is 7.23. The summed E-state index contributed by atoms with van der Waals surface area (Å²) in [6, 6.07) is 5.40. The molecule has 1 aliphatic rings. The summed E-state index contributed by atoms with van der Waals surface area (Å²) < 4.78 is 5.16. The van der Waals surface area contributed by atoms with Crippen LogP contribution in [0.3, 0.4) is 0 Å². The van der Waals surface area contributed by atoms with Gasteiger partial charge in [0.2, 0.25) is 0 Å². The first-order valence-corrected chi connectivity index (χ1v) is 9.69. The van der Waals surface area contributed by atoms with Gasteiger partial charge in [0, 0.05) is 6.04 Å². The topological polar surface area (TPSA) is 92.8 Å². The summed E-state index contributed by atoms with van der Waals surface area (Å²) in [7, 11) is 0. The van der Waals surface area contributed by atoms with Gasteiger partial charge in [0.25, 0.3) is 17.7 Å². The first kappa shape index (κ1) is 21.6. The lowest BCUT2D eigenvalue weighted by Crippen LogP contribution is -2.47. The Morgan fingerprint density at radius 3 is 2.14 bits per heavy atom. The SMILES string of the molecule is CCC[C@H](C)NC(=O)COC(=O)[C@H](CC(C)C)N1C(=O)c2ccccc2C1=O. The Balaban J connectivity index is 2.10. The van der Waals surface area contributed by atoms with Crippen molar-refractivity contribution < 1.29 is 23.9 Å². The van der Waals surface area contributed by atoms with E-state index in [2.05, 4.69) is 5.32 Å². The molecule has 0 aliphatic carbocycles. The summed E-state index contributed by atoms with van der Waals surface area (Å²) in [6.07, 6.45) is 2.01. The van der Waals surface area contributed by atoms with Gasteiger partial charge in [-0.05, 0) is 37.8 Å². The average molecular weight is 388 g/mol. The number of fused-ring (bicyclic) bond motifs is 1. The van der Waals surface area contributed by atoms with Crippen LogP contribution in [-0.2, 0) is 14.3 Å². The zero-order valence-electron chi connectivity index (χ0n) is 16.9. The molecule has 0 spiro atoms. The van der Waals surface area contributed by atoms with Gasteiger partial charge >= 0.3 is 5.97 Å². The average Bonchev–Trinajstić information content (AvgIpc) is 2.89. The van der Waals surface area contributed by atoms with Gasteiger partial charge < -0.3 is 10.1 Å². The lowest BCUT2D eigenvalue weighted by Gasteiger charge is -2.26. The van der Waals surface area contributed by atoms with Crippen molar-refractivity contribution in [2.45, 2.75) is 59.0 Å². The molecule has 1 heterocycles. The molecule has 0 aromatic heterocycles. The monoisotopic (exact) mass is 388 g/mol. The molecule has 28 heavy (non-hydrogen) atoms. The number of esters is 1. The zero-order chi connectivity index (χ0) is 20.8. The van der Waals surface area contributed by atoms with Gasteiger partial charge in [-0.2, -0.15) is 0 Å². The van der Waals surface area contributed by atoms with Crippen molar-refractivity contribution in [2.24, 2.45) is 5.92 Å². The molecule has 7 heteroatoms. The second-order valence-corrected chi connectivity index (χ2v) is 7.54. The molecule has 2 atom stereocenters. The number of ether oxygens (including phenoxy) is 1. The second kappa shape index (κ2) is 9.48. The highest BCUT2D eigenvalue weighted by Gasteiger charge is 2.43. The molecule has 1 aliphatic heterocycles. The van der Waals surface area contributed by atoms with E-state index in [1.807, 2.05) is 27.7 Å². The van der Waals surface area contributed by atoms with E-state index in [0.717, 1.165) is 17.7 Å². The fourth-order valence-electron chi connectivity index (χ4n) is 3.30. The quantitative estimate of drug-likeness (QED) is 0.518. The van der Waals surface area contributed by atoms with E-state index < -0.39 is 36.3 Å². The van der Waals surface area contributed by atoms with Crippen molar-refractivity contribution in [2.75, 3.05) is 6.61 Å². The van der Waals surface area contributed by atoms with Gasteiger partial charge in [-0.15, -0.1) is 0 Å². The molecular weight excluding hydrogens is 360 g/mol. The minimum atomic E-state index is -1.06. The van der Waals surface area contributed by atoms with E-state index in [-0.39, 0.29) is 29.5 Å². The Morgan fingerprint density at radius 2 is 1.64 bits per heavy atom. The lowest BCUT2D eigenvalue weighted by molar-refractivity contribution is -0.153. The number of nitrogens with one attached hydrogen (secondary N) is 1. The number of imide groups is 1. The summed E-state index contributed by atoms with van der Waals surface area (Å²) in [4.78, 5) is 51.0. The number of carbonyl (C=O) groups is 4. The molecule has 1 N–H and O–H groups in total. The second-order valence-electron chi connectivity index (χ2n) is 7.54. The maximum atomic E-state index is 12.7. The Morgan fingerprint density at radius 1 is 1.07 bits per heavy atom. The largest absolute Gasteiger partial charge is 0.454 e. The zero-order valence-corrected chi connectivity index (χ0v) is 16.9. The van der Waals surface area contributed by atoms with Gasteiger partial charge in [-0.1, -0.05) is 39.3 Å². The molecule has 0 radical (unpaired) electrons. The van der Waals surface area contributed by atoms with E-state index in [1.165, 1.54) is 0 Å². The normalized spacial score (nSPS) is 15.4. The summed E-state index contributed by atoms with van der Waals surface area (Å²) in [5.41, 5.74) is 0.556. The number of carbonyl (C=O) groups excluding carboxylic acids is 4. The molecule has 7 nitrogen and oxygen atoms in total. The number of benzene rings is 1. The van der Waals surface area contributed by atoms with Crippen LogP contribution in [-0.4, -0.2) is 47.3 Å². The maximum Gasteiger partial charge on any atom is 0.329 e. The standard InChI is InChI=1S/C21H28N2O5/c1-5-8-14(4)22-18(24)12-28-21(27)17(11-13(2)3)23-19(25)15-9-6-7-10-16(15)20(23)26/h6-7,9-10,13-14,17H,5,8,11-12H2,1-4H3,(H,22,24)/t14-,17-/m0/s1. The van der Waals surface area contributed by atoms with E-state index >= 15 is 0 Å². The van der Waals surface area contributed by atoms with Gasteiger partial charge in [0.05, 0.1) is 11.1 Å². The van der Waals surface area contributed by atoms with Crippen molar-refractivity contribution in [1.82, 2.24) is 10.2 Å². The maximum absolute atomic E-state index is 12.7. The van der Waals surface area contributed by atoms with E-state index in [4.69, 9.17) is 4.74 Å². The highest BCUT2D eigenvalue weighted by atomic mass is 16.5. The number of amides is 3. The minimum absolute atomic E-state index is 0.0149. The van der Waals surface area contributed by atoms with Crippen LogP contribution in [0.2, 0.25) is 0 Å². The van der Waals surface area contributed by atoms with Crippen molar-refractivity contribution >= 4 is 23.7 Å². The van der Waals surface area contributed by atoms with Crippen LogP contribution in [0.5, 0.6) is 0 Å². The number of nitrogens with zero attached hydrogens (tertiary/aromatic N) is 1. The van der Waals surface area contributed by atoms with Gasteiger partial charge in [-0.3, -0.25) is 19.3 Å². The van der Waals surface area contributed by atoms with E-state index in [0.29, 0.717) is 0 Å². The molecule has 152 valence electrons. The smallest absolute Gasteiger partial charge is 0.329 e. The van der Waals surface area contributed by atoms with Crippen LogP contribution in [0.25, 0.3) is 0 Å². The van der Waals surface area contributed by atoms with E-state index in [1.54, 1.807) is 24.3 Å². The third-order valence-corrected chi connectivity index (χ3v) is 4.58. The highest BCUT2D eigenvalue weighted by molar-refractivity contribution is 6.22. The molecule has 3 amide bonds. The van der Waals surface area contributed by atoms with Gasteiger partial charge in [-0.25, -0.2) is 4.79 Å². The third-order valence-electron chi connectivity index (χ3n) is 4.58. The minimum Gasteiger partial charge on any atom is -0.454 e. The van der Waals surface area contributed by atoms with Crippen molar-refractivity contribution in [3.63, 3.8) is 0 Å². The molecule has 0 unspecified atom stereocenters. The molecule has 0 saturated heterocycles. The van der Waals surface area contributed by atoms with E-state index in [9.17, 15) is 19.2 Å². The summed E-state index contributed by atoms with van der Waals surface area (Å²) in [5, 5.41) is 2.75. The van der Waals surface area contributed by atoms with Crippen LogP contribution in [0, 0.1) is 5.92 Å². The van der Waals surface area contributed by atoms with Crippen molar-refractivity contribution in [3.8, 4) is 0 Å². The predicted octanol–water partition coefficient (Wildman–Crippen LogP) is 2.55. The third kappa shape index (κ3) is 4.97. The van der Waals surface area contributed by atoms with Crippen LogP contribution in [0.4, 0.5) is 0 Å². The lowest BCUT2D eigenvalue weighted by atomic mass is 10.0. The van der Waals surface area contributed by atoms with Crippen LogP contribution in [0.1, 0.15) is 67.7 Å². The number of hydrogen-bond acceptors (Lipinski definition) is 5. The molecule has 0 saturated carbocycles. The molecular formula is C21H28N2O5. The Labute approximate surface area is 165 Å². The number of rotatable bonds is 9. The molecule has 1 aromatic rings.